The third-order valence-electron chi connectivity index (χ3n) is 2.56. The van der Waals surface area contributed by atoms with E-state index in [1.54, 1.807) is 5.38 Å². The van der Waals surface area contributed by atoms with Crippen molar-refractivity contribution in [2.75, 3.05) is 11.2 Å². The molecule has 0 unspecified atom stereocenters. The molecule has 1 heterocycles. The SMILES string of the molecule is Cc1c(Cl)cc(C=NNc2nc(N)cs2)c(O)c1[N+](=O)[O-]. The first-order valence-electron chi connectivity index (χ1n) is 5.56. The Hall–Kier alpha value is -2.39. The first-order chi connectivity index (χ1) is 9.90. The number of nitro groups is 1. The number of hydrazone groups is 1. The van der Waals surface area contributed by atoms with E-state index in [-0.39, 0.29) is 16.1 Å². The van der Waals surface area contributed by atoms with Gasteiger partial charge in [0.15, 0.2) is 0 Å². The summed E-state index contributed by atoms with van der Waals surface area (Å²) in [6, 6.07) is 1.39. The number of halogens is 1. The maximum Gasteiger partial charge on any atom is 0.315 e. The van der Waals surface area contributed by atoms with Crippen LogP contribution in [0.4, 0.5) is 16.6 Å². The molecule has 21 heavy (non-hydrogen) atoms. The molecule has 0 spiro atoms. The monoisotopic (exact) mass is 327 g/mol. The molecule has 10 heteroatoms. The molecule has 0 saturated heterocycles. The smallest absolute Gasteiger partial charge is 0.315 e. The molecular formula is C11H10ClN5O3S. The van der Waals surface area contributed by atoms with E-state index in [0.29, 0.717) is 10.9 Å². The second-order valence-corrected chi connectivity index (χ2v) is 5.24. The molecular weight excluding hydrogens is 318 g/mol. The average Bonchev–Trinajstić information content (AvgIpc) is 2.81. The van der Waals surface area contributed by atoms with Crippen molar-refractivity contribution < 1.29 is 10.0 Å². The lowest BCUT2D eigenvalue weighted by Crippen LogP contribution is -1.97. The van der Waals surface area contributed by atoms with Gasteiger partial charge in [-0.1, -0.05) is 11.6 Å². The predicted molar refractivity (Wildman–Crippen MR) is 82.3 cm³/mol. The van der Waals surface area contributed by atoms with Crippen LogP contribution in [0.25, 0.3) is 0 Å². The van der Waals surface area contributed by atoms with Crippen LogP contribution in [0.3, 0.4) is 0 Å². The molecule has 0 amide bonds. The highest BCUT2D eigenvalue weighted by Gasteiger charge is 2.22. The number of benzene rings is 1. The molecule has 0 aliphatic heterocycles. The lowest BCUT2D eigenvalue weighted by molar-refractivity contribution is -0.386. The summed E-state index contributed by atoms with van der Waals surface area (Å²) in [5.74, 6) is -0.138. The standard InChI is InChI=1S/C11H10ClN5O3S/c1-5-7(12)2-6(10(18)9(5)17(19)20)3-14-16-11-15-8(13)4-21-11/h2-4,18H,13H2,1H3,(H,15,16). The third kappa shape index (κ3) is 3.20. The number of phenolic OH excluding ortho intramolecular Hbond substituents is 1. The second-order valence-electron chi connectivity index (χ2n) is 3.97. The first kappa shape index (κ1) is 15.0. The van der Waals surface area contributed by atoms with E-state index in [9.17, 15) is 15.2 Å². The van der Waals surface area contributed by atoms with Crippen LogP contribution in [-0.4, -0.2) is 21.2 Å². The zero-order valence-electron chi connectivity index (χ0n) is 10.7. The van der Waals surface area contributed by atoms with Gasteiger partial charge in [0, 0.05) is 16.5 Å². The second kappa shape index (κ2) is 5.94. The summed E-state index contributed by atoms with van der Waals surface area (Å²) in [5.41, 5.74) is 7.92. The van der Waals surface area contributed by atoms with Gasteiger partial charge in [-0.2, -0.15) is 5.10 Å². The molecule has 0 bridgehead atoms. The van der Waals surface area contributed by atoms with Crippen molar-refractivity contribution in [3.8, 4) is 5.75 Å². The zero-order valence-corrected chi connectivity index (χ0v) is 12.3. The Kier molecular flexibility index (Phi) is 4.24. The van der Waals surface area contributed by atoms with Crippen LogP contribution in [0, 0.1) is 17.0 Å². The average molecular weight is 328 g/mol. The number of hydrogen-bond donors (Lipinski definition) is 3. The minimum absolute atomic E-state index is 0.120. The van der Waals surface area contributed by atoms with E-state index < -0.39 is 16.4 Å². The first-order valence-corrected chi connectivity index (χ1v) is 6.82. The number of nitrogen functional groups attached to an aromatic ring is 1. The van der Waals surface area contributed by atoms with E-state index in [1.165, 1.54) is 30.5 Å². The van der Waals surface area contributed by atoms with Gasteiger partial charge >= 0.3 is 5.69 Å². The van der Waals surface area contributed by atoms with E-state index in [0.717, 1.165) is 0 Å². The molecule has 110 valence electrons. The van der Waals surface area contributed by atoms with Gasteiger partial charge < -0.3 is 10.8 Å². The van der Waals surface area contributed by atoms with Gasteiger partial charge in [0.1, 0.15) is 5.82 Å². The quantitative estimate of drug-likeness (QED) is 0.450. The fourth-order valence-electron chi connectivity index (χ4n) is 1.56. The van der Waals surface area contributed by atoms with E-state index in [2.05, 4.69) is 15.5 Å². The normalized spacial score (nSPS) is 11.0. The summed E-state index contributed by atoms with van der Waals surface area (Å²) in [4.78, 5) is 14.2. The van der Waals surface area contributed by atoms with Gasteiger partial charge in [-0.3, -0.25) is 15.5 Å². The van der Waals surface area contributed by atoms with Gasteiger partial charge in [-0.15, -0.1) is 11.3 Å². The summed E-state index contributed by atoms with van der Waals surface area (Å²) < 4.78 is 0. The number of thiazole rings is 1. The number of rotatable bonds is 4. The predicted octanol–water partition coefficient (Wildman–Crippen LogP) is 2.75. The molecule has 8 nitrogen and oxygen atoms in total. The Morgan fingerprint density at radius 3 is 2.95 bits per heavy atom. The maximum atomic E-state index is 10.9. The van der Waals surface area contributed by atoms with Crippen LogP contribution in [0.2, 0.25) is 5.02 Å². The van der Waals surface area contributed by atoms with Crippen molar-refractivity contribution in [2.24, 2.45) is 5.10 Å². The molecule has 4 N–H and O–H groups in total. The fraction of sp³-hybridized carbons (Fsp3) is 0.0909. The fourth-order valence-corrected chi connectivity index (χ4v) is 2.31. The third-order valence-corrected chi connectivity index (χ3v) is 3.72. The Morgan fingerprint density at radius 2 is 2.38 bits per heavy atom. The number of aromatic nitrogens is 1. The van der Waals surface area contributed by atoms with Crippen LogP contribution in [0.5, 0.6) is 5.75 Å². The maximum absolute atomic E-state index is 10.9. The summed E-state index contributed by atoms with van der Waals surface area (Å²) in [6.07, 6.45) is 1.21. The van der Waals surface area contributed by atoms with Gasteiger partial charge in [0.05, 0.1) is 16.2 Å². The number of aromatic hydroxyl groups is 1. The Bertz CT molecular complexity index is 731. The highest BCUT2D eigenvalue weighted by atomic mass is 35.5. The summed E-state index contributed by atoms with van der Waals surface area (Å²) in [6.45, 7) is 1.46. The molecule has 0 atom stereocenters. The molecule has 0 fully saturated rings. The summed E-state index contributed by atoms with van der Waals surface area (Å²) >= 11 is 7.15. The van der Waals surface area contributed by atoms with Gasteiger partial charge in [0.2, 0.25) is 10.9 Å². The number of anilines is 2. The van der Waals surface area contributed by atoms with Crippen LogP contribution < -0.4 is 11.2 Å². The Morgan fingerprint density at radius 1 is 1.67 bits per heavy atom. The minimum Gasteiger partial charge on any atom is -0.502 e. The number of nitrogens with two attached hydrogens (primary N) is 1. The molecule has 0 radical (unpaired) electrons. The largest absolute Gasteiger partial charge is 0.502 e. The van der Waals surface area contributed by atoms with Gasteiger partial charge in [0.25, 0.3) is 0 Å². The number of hydrogen-bond acceptors (Lipinski definition) is 8. The van der Waals surface area contributed by atoms with Crippen molar-refractivity contribution in [1.29, 1.82) is 0 Å². The Balaban J connectivity index is 2.30. The van der Waals surface area contributed by atoms with E-state index in [4.69, 9.17) is 17.3 Å². The molecule has 0 aliphatic carbocycles. The number of phenols is 1. The van der Waals surface area contributed by atoms with E-state index in [1.807, 2.05) is 0 Å². The summed E-state index contributed by atoms with van der Waals surface area (Å²) in [7, 11) is 0. The van der Waals surface area contributed by atoms with Crippen LogP contribution in [-0.2, 0) is 0 Å². The van der Waals surface area contributed by atoms with Crippen molar-refractivity contribution in [1.82, 2.24) is 4.98 Å². The molecule has 1 aromatic heterocycles. The topological polar surface area (TPSA) is 127 Å². The minimum atomic E-state index is -0.692. The lowest BCUT2D eigenvalue weighted by atomic mass is 10.1. The highest BCUT2D eigenvalue weighted by molar-refractivity contribution is 7.14. The highest BCUT2D eigenvalue weighted by Crippen LogP contribution is 2.36. The Labute approximate surface area is 128 Å². The molecule has 2 rings (SSSR count). The van der Waals surface area contributed by atoms with Crippen LogP contribution >= 0.6 is 22.9 Å². The number of nitro benzene ring substituents is 1. The molecule has 0 saturated carbocycles. The van der Waals surface area contributed by atoms with Crippen molar-refractivity contribution in [3.63, 3.8) is 0 Å². The lowest BCUT2D eigenvalue weighted by Gasteiger charge is -2.05. The van der Waals surface area contributed by atoms with Crippen molar-refractivity contribution in [2.45, 2.75) is 6.92 Å². The number of nitrogens with one attached hydrogen (secondary N) is 1. The van der Waals surface area contributed by atoms with E-state index >= 15 is 0 Å². The van der Waals surface area contributed by atoms with Crippen molar-refractivity contribution >= 4 is 45.8 Å². The van der Waals surface area contributed by atoms with Gasteiger partial charge in [-0.25, -0.2) is 4.98 Å². The zero-order chi connectivity index (χ0) is 15.6. The molecule has 2 aromatic rings. The van der Waals surface area contributed by atoms with Crippen LogP contribution in [0.15, 0.2) is 16.5 Å². The molecule has 1 aromatic carbocycles. The van der Waals surface area contributed by atoms with Gasteiger partial charge in [-0.05, 0) is 13.0 Å². The van der Waals surface area contributed by atoms with Crippen molar-refractivity contribution in [3.05, 3.63) is 37.7 Å². The summed E-state index contributed by atoms with van der Waals surface area (Å²) in [5, 5.41) is 26.9. The van der Waals surface area contributed by atoms with Crippen LogP contribution in [0.1, 0.15) is 11.1 Å². The number of nitrogens with zero attached hydrogens (tertiary/aromatic N) is 3. The molecule has 0 aliphatic rings.